The first-order chi connectivity index (χ1) is 12.6. The van der Waals surface area contributed by atoms with Gasteiger partial charge >= 0.3 is 13.6 Å². The van der Waals surface area contributed by atoms with Gasteiger partial charge in [0.15, 0.2) is 17.0 Å². The van der Waals surface area contributed by atoms with Gasteiger partial charge in [0, 0.05) is 20.8 Å². The molecule has 0 radical (unpaired) electrons. The zero-order valence-corrected chi connectivity index (χ0v) is 15.9. The first kappa shape index (κ1) is 19.0. The average Bonchev–Trinajstić information content (AvgIpc) is 3.10. The van der Waals surface area contributed by atoms with Crippen molar-refractivity contribution in [2.75, 3.05) is 39.3 Å². The van der Waals surface area contributed by atoms with Gasteiger partial charge in [-0.1, -0.05) is 0 Å². The van der Waals surface area contributed by atoms with E-state index in [9.17, 15) is 4.57 Å². The van der Waals surface area contributed by atoms with Crippen LogP contribution in [0.25, 0.3) is 11.2 Å². The summed E-state index contributed by atoms with van der Waals surface area (Å²) in [5.41, 5.74) is 7.09. The summed E-state index contributed by atoms with van der Waals surface area (Å²) in [6.07, 6.45) is 5.31. The van der Waals surface area contributed by atoms with E-state index in [0.29, 0.717) is 24.2 Å². The average molecular weight is 385 g/mol. The fourth-order valence-corrected chi connectivity index (χ4v) is 3.85. The number of imidazole rings is 1. The summed E-state index contributed by atoms with van der Waals surface area (Å²) in [5.74, 6) is 0.249. The van der Waals surface area contributed by atoms with Gasteiger partial charge in [-0.25, -0.2) is 4.98 Å². The number of nitrogens with two attached hydrogens (primary N) is 1. The molecule has 0 aromatic carbocycles. The molecule has 11 heteroatoms. The smallest absolute Gasteiger partial charge is 0.330 e. The number of anilines is 1. The number of hydrogen-bond donors (Lipinski definition) is 1. The number of fused-ring (bicyclic) bond motifs is 1. The molecular formula is C15H24N5O5P. The van der Waals surface area contributed by atoms with Crippen LogP contribution in [-0.4, -0.2) is 53.1 Å². The molecule has 0 spiro atoms. The molecule has 1 aliphatic rings. The summed E-state index contributed by atoms with van der Waals surface area (Å²) >= 11 is 0. The molecule has 10 nitrogen and oxygen atoms in total. The maximum absolute atomic E-state index is 12.0. The fraction of sp³-hybridized carbons (Fsp3) is 0.667. The van der Waals surface area contributed by atoms with Crippen LogP contribution < -0.4 is 10.5 Å². The third kappa shape index (κ3) is 4.15. The van der Waals surface area contributed by atoms with Crippen LogP contribution in [0.15, 0.2) is 6.33 Å². The van der Waals surface area contributed by atoms with Crippen LogP contribution in [0.4, 0.5) is 5.82 Å². The molecule has 2 N–H and O–H groups in total. The maximum Gasteiger partial charge on any atom is 0.330 e. The number of hydrogen-bond acceptors (Lipinski definition) is 9. The SMILES string of the molecule is COP(=O)(CCCOc1nc(N)c2ncn(C3CCCCO3)c2n1)OC. The van der Waals surface area contributed by atoms with Crippen LogP contribution in [0.1, 0.15) is 31.9 Å². The van der Waals surface area contributed by atoms with Gasteiger partial charge in [-0.3, -0.25) is 9.13 Å². The third-order valence-electron chi connectivity index (χ3n) is 4.26. The Morgan fingerprint density at radius 2 is 2.15 bits per heavy atom. The van der Waals surface area contributed by atoms with E-state index in [1.54, 1.807) is 6.33 Å². The molecule has 0 aliphatic carbocycles. The van der Waals surface area contributed by atoms with Crippen LogP contribution >= 0.6 is 7.60 Å². The molecule has 0 amide bonds. The Morgan fingerprint density at radius 3 is 2.85 bits per heavy atom. The molecule has 26 heavy (non-hydrogen) atoms. The van der Waals surface area contributed by atoms with Crippen molar-refractivity contribution in [3.05, 3.63) is 6.33 Å². The molecule has 1 saturated heterocycles. The Bertz CT molecular complexity index is 784. The number of ether oxygens (including phenoxy) is 2. The van der Waals surface area contributed by atoms with E-state index in [1.807, 2.05) is 4.57 Å². The number of aromatic nitrogens is 4. The summed E-state index contributed by atoms with van der Waals surface area (Å²) in [6.45, 7) is 0.975. The van der Waals surface area contributed by atoms with Gasteiger partial charge in [0.05, 0.1) is 19.1 Å². The molecule has 3 heterocycles. The largest absolute Gasteiger partial charge is 0.463 e. The van der Waals surface area contributed by atoms with Crippen molar-refractivity contribution < 1.29 is 23.1 Å². The highest BCUT2D eigenvalue weighted by molar-refractivity contribution is 7.53. The van der Waals surface area contributed by atoms with Crippen molar-refractivity contribution in [2.45, 2.75) is 31.9 Å². The lowest BCUT2D eigenvalue weighted by molar-refractivity contribution is -0.0298. The van der Waals surface area contributed by atoms with Gasteiger partial charge in [-0.2, -0.15) is 9.97 Å². The minimum Gasteiger partial charge on any atom is -0.463 e. The molecule has 2 aromatic rings. The van der Waals surface area contributed by atoms with Gasteiger partial charge in [-0.05, 0) is 25.7 Å². The predicted molar refractivity (Wildman–Crippen MR) is 95.2 cm³/mol. The summed E-state index contributed by atoms with van der Waals surface area (Å²) < 4.78 is 35.0. The monoisotopic (exact) mass is 385 g/mol. The predicted octanol–water partition coefficient (Wildman–Crippen LogP) is 2.36. The summed E-state index contributed by atoms with van der Waals surface area (Å²) in [5, 5.41) is 0. The van der Waals surface area contributed by atoms with E-state index < -0.39 is 7.60 Å². The molecule has 0 bridgehead atoms. The molecule has 1 unspecified atom stereocenters. The Morgan fingerprint density at radius 1 is 1.35 bits per heavy atom. The lowest BCUT2D eigenvalue weighted by Gasteiger charge is -2.23. The highest BCUT2D eigenvalue weighted by Crippen LogP contribution is 2.46. The molecule has 0 saturated carbocycles. The van der Waals surface area contributed by atoms with Crippen LogP contribution in [0.2, 0.25) is 0 Å². The van der Waals surface area contributed by atoms with Crippen molar-refractivity contribution in [1.29, 1.82) is 0 Å². The number of rotatable bonds is 8. The molecule has 3 rings (SSSR count). The van der Waals surface area contributed by atoms with Crippen molar-refractivity contribution in [3.63, 3.8) is 0 Å². The topological polar surface area (TPSA) is 124 Å². The van der Waals surface area contributed by atoms with Crippen LogP contribution in [0.3, 0.4) is 0 Å². The molecular weight excluding hydrogens is 361 g/mol. The summed E-state index contributed by atoms with van der Waals surface area (Å²) in [4.78, 5) is 12.8. The van der Waals surface area contributed by atoms with Gasteiger partial charge in [0.25, 0.3) is 0 Å². The molecule has 144 valence electrons. The first-order valence-electron chi connectivity index (χ1n) is 8.51. The van der Waals surface area contributed by atoms with Crippen LogP contribution in [-0.2, 0) is 18.3 Å². The second-order valence-corrected chi connectivity index (χ2v) is 8.34. The number of nitrogens with zero attached hydrogens (tertiary/aromatic N) is 4. The van der Waals surface area contributed by atoms with Gasteiger partial charge in [0.2, 0.25) is 0 Å². The van der Waals surface area contributed by atoms with Crippen molar-refractivity contribution in [3.8, 4) is 6.01 Å². The quantitative estimate of drug-likeness (QED) is 0.538. The molecule has 1 aliphatic heterocycles. The molecule has 1 fully saturated rings. The first-order valence-corrected chi connectivity index (χ1v) is 10.2. The minimum absolute atomic E-state index is 0.106. The van der Waals surface area contributed by atoms with Crippen molar-refractivity contribution in [2.24, 2.45) is 0 Å². The van der Waals surface area contributed by atoms with Gasteiger partial charge in [0.1, 0.15) is 6.23 Å². The van der Waals surface area contributed by atoms with Crippen molar-refractivity contribution in [1.82, 2.24) is 19.5 Å². The maximum atomic E-state index is 12.0. The van der Waals surface area contributed by atoms with Crippen LogP contribution in [0, 0.1) is 0 Å². The van der Waals surface area contributed by atoms with Crippen molar-refractivity contribution >= 4 is 24.6 Å². The van der Waals surface area contributed by atoms with E-state index in [-0.39, 0.29) is 30.8 Å². The Hall–Kier alpha value is -1.74. The fourth-order valence-electron chi connectivity index (χ4n) is 2.81. The standard InChI is InChI=1S/C15H24N5O5P/c1-22-26(21,23-2)9-5-8-25-15-18-13(16)12-14(19-15)20(10-17-12)11-6-3-4-7-24-11/h10-11H,3-9H2,1-2H3,(H2,16,18,19). The van der Waals surface area contributed by atoms with E-state index >= 15 is 0 Å². The molecule has 2 aromatic heterocycles. The molecule has 1 atom stereocenters. The van der Waals surface area contributed by atoms with E-state index in [1.165, 1.54) is 14.2 Å². The zero-order chi connectivity index (χ0) is 18.6. The minimum atomic E-state index is -3.04. The zero-order valence-electron chi connectivity index (χ0n) is 15.0. The van der Waals surface area contributed by atoms with E-state index in [4.69, 9.17) is 24.3 Å². The number of nitrogen functional groups attached to an aromatic ring is 1. The lowest BCUT2D eigenvalue weighted by atomic mass is 10.2. The Balaban J connectivity index is 1.70. The van der Waals surface area contributed by atoms with E-state index in [0.717, 1.165) is 19.3 Å². The normalized spacial score (nSPS) is 18.3. The highest BCUT2D eigenvalue weighted by Gasteiger charge is 2.22. The summed E-state index contributed by atoms with van der Waals surface area (Å²) in [7, 11) is -0.327. The lowest BCUT2D eigenvalue weighted by Crippen LogP contribution is -2.18. The van der Waals surface area contributed by atoms with E-state index in [2.05, 4.69) is 15.0 Å². The second kappa shape index (κ2) is 8.30. The van der Waals surface area contributed by atoms with Crippen LogP contribution in [0.5, 0.6) is 6.01 Å². The summed E-state index contributed by atoms with van der Waals surface area (Å²) in [6, 6.07) is 0.150. The second-order valence-electron chi connectivity index (χ2n) is 5.94. The Labute approximate surface area is 151 Å². The Kier molecular flexibility index (Phi) is 6.08. The van der Waals surface area contributed by atoms with Gasteiger partial charge in [-0.15, -0.1) is 0 Å². The highest BCUT2D eigenvalue weighted by atomic mass is 31.2. The third-order valence-corrected chi connectivity index (χ3v) is 6.23. The van der Waals surface area contributed by atoms with Gasteiger partial charge < -0.3 is 24.3 Å².